The zero-order chi connectivity index (χ0) is 22.1. The van der Waals surface area contributed by atoms with Crippen molar-refractivity contribution in [2.45, 2.75) is 13.5 Å². The number of alkyl halides is 2. The first-order valence-electron chi connectivity index (χ1n) is 8.81. The fourth-order valence-corrected chi connectivity index (χ4v) is 3.28. The third-order valence-electron chi connectivity index (χ3n) is 3.76. The van der Waals surface area contributed by atoms with Crippen LogP contribution in [-0.4, -0.2) is 48.8 Å². The van der Waals surface area contributed by atoms with Crippen LogP contribution in [0.3, 0.4) is 0 Å². The molecule has 1 aliphatic rings. The number of ether oxygens (including phenoxy) is 2. The highest BCUT2D eigenvalue weighted by Crippen LogP contribution is 2.34. The molecular weight excluding hydrogens is 418 g/mol. The predicted molar refractivity (Wildman–Crippen MR) is 109 cm³/mol. The molecule has 1 aliphatic heterocycles. The molecule has 1 aromatic carbocycles. The van der Waals surface area contributed by atoms with E-state index in [1.165, 1.54) is 37.5 Å². The van der Waals surface area contributed by atoms with E-state index in [0.29, 0.717) is 5.56 Å². The Labute approximate surface area is 176 Å². The molecule has 1 N–H and O–H groups in total. The van der Waals surface area contributed by atoms with Gasteiger partial charge in [-0.2, -0.15) is 8.78 Å². The zero-order valence-electron chi connectivity index (χ0n) is 16.3. The fourth-order valence-electron chi connectivity index (χ4n) is 2.42. The summed E-state index contributed by atoms with van der Waals surface area (Å²) in [4.78, 5) is 37.4. The molecule has 10 heteroatoms. The van der Waals surface area contributed by atoms with Crippen LogP contribution in [-0.2, 0) is 9.59 Å². The number of rotatable bonds is 9. The molecule has 3 amide bonds. The molecule has 0 spiro atoms. The molecule has 0 unspecified atom stereocenters. The van der Waals surface area contributed by atoms with Gasteiger partial charge in [-0.15, -0.1) is 0 Å². The van der Waals surface area contributed by atoms with Crippen LogP contribution in [0.15, 0.2) is 47.4 Å². The summed E-state index contributed by atoms with van der Waals surface area (Å²) in [6, 6.07) is 4.17. The molecule has 0 bridgehead atoms. The average molecular weight is 438 g/mol. The normalized spacial score (nSPS) is 15.8. The van der Waals surface area contributed by atoms with Crippen LogP contribution in [0.1, 0.15) is 12.5 Å². The smallest absolute Gasteiger partial charge is 0.387 e. The van der Waals surface area contributed by atoms with Crippen molar-refractivity contribution in [3.05, 3.63) is 53.0 Å². The summed E-state index contributed by atoms with van der Waals surface area (Å²) in [6.07, 6.45) is 7.83. The van der Waals surface area contributed by atoms with Crippen molar-refractivity contribution in [3.8, 4) is 11.5 Å². The summed E-state index contributed by atoms with van der Waals surface area (Å²) in [7, 11) is 1.30. The molecular formula is C20H20F2N2O5S. The molecule has 0 radical (unpaired) electrons. The first kappa shape index (κ1) is 23.1. The van der Waals surface area contributed by atoms with E-state index in [0.717, 1.165) is 16.7 Å². The van der Waals surface area contributed by atoms with Crippen molar-refractivity contribution in [2.24, 2.45) is 0 Å². The van der Waals surface area contributed by atoms with Crippen molar-refractivity contribution >= 4 is 34.9 Å². The summed E-state index contributed by atoms with van der Waals surface area (Å²) in [5.74, 6) is -0.918. The number of halogens is 2. The van der Waals surface area contributed by atoms with E-state index in [4.69, 9.17) is 4.74 Å². The minimum Gasteiger partial charge on any atom is -0.493 e. The lowest BCUT2D eigenvalue weighted by Gasteiger charge is -2.12. The number of benzene rings is 1. The molecule has 30 heavy (non-hydrogen) atoms. The number of hydrogen-bond donors (Lipinski definition) is 1. The monoisotopic (exact) mass is 438 g/mol. The first-order valence-corrected chi connectivity index (χ1v) is 9.62. The lowest BCUT2D eigenvalue weighted by Crippen LogP contribution is -2.36. The maximum Gasteiger partial charge on any atom is 0.387 e. The van der Waals surface area contributed by atoms with E-state index in [1.54, 1.807) is 18.2 Å². The van der Waals surface area contributed by atoms with Gasteiger partial charge in [0.25, 0.3) is 11.1 Å². The molecule has 1 saturated heterocycles. The molecule has 160 valence electrons. The maximum atomic E-state index is 12.5. The Hall–Kier alpha value is -3.14. The van der Waals surface area contributed by atoms with Crippen molar-refractivity contribution in [1.82, 2.24) is 10.2 Å². The Bertz CT molecular complexity index is 899. The predicted octanol–water partition coefficient (Wildman–Crippen LogP) is 3.58. The number of allylic oxidation sites excluding steroid dienone is 3. The van der Waals surface area contributed by atoms with E-state index in [1.807, 2.05) is 6.92 Å². The van der Waals surface area contributed by atoms with Crippen LogP contribution >= 0.6 is 11.8 Å². The number of carbonyl (C=O) groups is 3. The van der Waals surface area contributed by atoms with Crippen molar-refractivity contribution in [3.63, 3.8) is 0 Å². The number of methoxy groups -OCH3 is 1. The molecule has 1 fully saturated rings. The third-order valence-corrected chi connectivity index (χ3v) is 4.67. The molecule has 7 nitrogen and oxygen atoms in total. The van der Waals surface area contributed by atoms with Gasteiger partial charge >= 0.3 is 6.61 Å². The van der Waals surface area contributed by atoms with Crippen LogP contribution in [0.4, 0.5) is 13.6 Å². The van der Waals surface area contributed by atoms with Gasteiger partial charge in [-0.3, -0.25) is 19.3 Å². The molecule has 2 rings (SSSR count). The van der Waals surface area contributed by atoms with Gasteiger partial charge < -0.3 is 14.8 Å². The van der Waals surface area contributed by atoms with Crippen LogP contribution < -0.4 is 14.8 Å². The van der Waals surface area contributed by atoms with Crippen LogP contribution in [0.5, 0.6) is 11.5 Å². The Morgan fingerprint density at radius 1 is 1.27 bits per heavy atom. The number of carbonyl (C=O) groups excluding carboxylic acids is 3. The van der Waals surface area contributed by atoms with E-state index in [2.05, 4.69) is 10.1 Å². The highest BCUT2D eigenvalue weighted by atomic mass is 32.2. The fraction of sp³-hybridized carbons (Fsp3) is 0.250. The molecule has 0 saturated carbocycles. The van der Waals surface area contributed by atoms with Gasteiger partial charge in [0.05, 0.1) is 12.0 Å². The minimum absolute atomic E-state index is 0.0235. The van der Waals surface area contributed by atoms with Gasteiger partial charge in [0.15, 0.2) is 11.5 Å². The van der Waals surface area contributed by atoms with Gasteiger partial charge in [-0.25, -0.2) is 0 Å². The first-order chi connectivity index (χ1) is 14.3. The highest BCUT2D eigenvalue weighted by molar-refractivity contribution is 8.18. The second-order valence-corrected chi connectivity index (χ2v) is 6.79. The number of nitrogens with one attached hydrogen (secondary N) is 1. The van der Waals surface area contributed by atoms with E-state index >= 15 is 0 Å². The van der Waals surface area contributed by atoms with Crippen molar-refractivity contribution in [1.29, 1.82) is 0 Å². The number of hydrogen-bond acceptors (Lipinski definition) is 6. The molecule has 0 aliphatic carbocycles. The second-order valence-electron chi connectivity index (χ2n) is 5.80. The summed E-state index contributed by atoms with van der Waals surface area (Å²) in [6.45, 7) is -1.05. The lowest BCUT2D eigenvalue weighted by atomic mass is 10.2. The highest BCUT2D eigenvalue weighted by Gasteiger charge is 2.34. The van der Waals surface area contributed by atoms with Crippen molar-refractivity contribution in [2.75, 3.05) is 20.2 Å². The summed E-state index contributed by atoms with van der Waals surface area (Å²) >= 11 is 0.751. The average Bonchev–Trinajstić information content (AvgIpc) is 2.96. The topological polar surface area (TPSA) is 84.9 Å². The standard InChI is InChI=1S/C20H20F2N2O5S/c1-3-4-5-6-17(25)23-9-10-24-18(26)16(30-20(24)27)12-13-7-8-14(29-19(21)22)15(11-13)28-2/h3-8,11-12,19H,9-10H2,1-2H3,(H,23,25)/b4-3+,6-5+,16-12+. The Balaban J connectivity index is 2.03. The summed E-state index contributed by atoms with van der Waals surface area (Å²) in [5, 5.41) is 2.12. The SMILES string of the molecule is C/C=C/C=C/C(=O)NCCN1C(=O)S/C(=C/c2ccc(OC(F)F)c(OC)c2)C1=O. The van der Waals surface area contributed by atoms with Gasteiger partial charge in [-0.1, -0.05) is 24.3 Å². The molecule has 1 aromatic rings. The van der Waals surface area contributed by atoms with Crippen LogP contribution in [0, 0.1) is 0 Å². The van der Waals surface area contributed by atoms with E-state index in [9.17, 15) is 23.2 Å². The van der Waals surface area contributed by atoms with E-state index in [-0.39, 0.29) is 35.4 Å². The Morgan fingerprint density at radius 2 is 2.03 bits per heavy atom. The molecule has 0 aromatic heterocycles. The summed E-state index contributed by atoms with van der Waals surface area (Å²) in [5.41, 5.74) is 0.474. The van der Waals surface area contributed by atoms with Crippen LogP contribution in [0.25, 0.3) is 6.08 Å². The largest absolute Gasteiger partial charge is 0.493 e. The minimum atomic E-state index is -3.00. The second kappa shape index (κ2) is 11.1. The lowest BCUT2D eigenvalue weighted by molar-refractivity contribution is -0.123. The number of thioether (sulfide) groups is 1. The number of imide groups is 1. The molecule has 1 heterocycles. The van der Waals surface area contributed by atoms with Gasteiger partial charge in [-0.05, 0) is 42.5 Å². The number of nitrogens with zero attached hydrogens (tertiary/aromatic N) is 1. The Morgan fingerprint density at radius 3 is 2.70 bits per heavy atom. The maximum absolute atomic E-state index is 12.5. The van der Waals surface area contributed by atoms with Crippen LogP contribution in [0.2, 0.25) is 0 Å². The Kier molecular flexibility index (Phi) is 8.60. The van der Waals surface area contributed by atoms with Gasteiger partial charge in [0.1, 0.15) is 0 Å². The number of amides is 3. The van der Waals surface area contributed by atoms with Crippen molar-refractivity contribution < 1.29 is 32.6 Å². The van der Waals surface area contributed by atoms with Gasteiger partial charge in [0.2, 0.25) is 5.91 Å². The summed E-state index contributed by atoms with van der Waals surface area (Å²) < 4.78 is 34.2. The zero-order valence-corrected chi connectivity index (χ0v) is 17.1. The van der Waals surface area contributed by atoms with E-state index < -0.39 is 17.8 Å². The third kappa shape index (κ3) is 6.45. The van der Waals surface area contributed by atoms with Gasteiger partial charge in [0, 0.05) is 19.2 Å². The quantitative estimate of drug-likeness (QED) is 0.469. The molecule has 0 atom stereocenters.